The highest BCUT2D eigenvalue weighted by Gasteiger charge is 2.29. The van der Waals surface area contributed by atoms with E-state index in [1.165, 1.54) is 12.3 Å². The zero-order valence-electron chi connectivity index (χ0n) is 8.29. The van der Waals surface area contributed by atoms with Crippen molar-refractivity contribution in [3.63, 3.8) is 0 Å². The molecule has 0 aliphatic carbocycles. The predicted octanol–water partition coefficient (Wildman–Crippen LogP) is 1.25. The smallest absolute Gasteiger partial charge is 0.347 e. The number of hydrogen-bond donors (Lipinski definition) is 1. The Kier molecular flexibility index (Phi) is 3.70. The summed E-state index contributed by atoms with van der Waals surface area (Å²) < 4.78 is 37.1. The molecule has 0 aromatic carbocycles. The number of nitrogens with one attached hydrogen (secondary N) is 1. The van der Waals surface area contributed by atoms with E-state index in [1.54, 1.807) is 0 Å². The first-order valence-corrected chi connectivity index (χ1v) is 4.40. The van der Waals surface area contributed by atoms with Gasteiger partial charge in [0.1, 0.15) is 6.54 Å². The van der Waals surface area contributed by atoms with Crippen molar-refractivity contribution in [2.45, 2.75) is 19.3 Å². The first-order valence-electron chi connectivity index (χ1n) is 4.40. The fraction of sp³-hybridized carbons (Fsp3) is 0.333. The minimum atomic E-state index is -4.33. The minimum Gasteiger partial charge on any atom is -0.347 e. The van der Waals surface area contributed by atoms with Gasteiger partial charge in [0.15, 0.2) is 0 Å². The minimum absolute atomic E-state index is 0.0130. The lowest BCUT2D eigenvalue weighted by Gasteiger charge is -2.10. The summed E-state index contributed by atoms with van der Waals surface area (Å²) in [6.07, 6.45) is -2.03. The number of aromatic nitrogens is 2. The number of carbonyl (C=O) groups excluding carboxylic acids is 1. The van der Waals surface area contributed by atoms with Gasteiger partial charge < -0.3 is 5.32 Å². The third-order valence-electron chi connectivity index (χ3n) is 1.76. The summed E-state index contributed by atoms with van der Waals surface area (Å²) in [7, 11) is 0. The maximum absolute atomic E-state index is 12.1. The van der Waals surface area contributed by atoms with Crippen molar-refractivity contribution < 1.29 is 18.0 Å². The predicted molar refractivity (Wildman–Crippen MR) is 50.3 cm³/mol. The number of alkyl halides is 3. The van der Waals surface area contributed by atoms with Crippen LogP contribution in [-0.2, 0) is 17.9 Å². The molecule has 7 heteroatoms. The lowest BCUT2D eigenvalue weighted by Crippen LogP contribution is -2.25. The number of carbonyl (C=O) groups is 1. The second-order valence-electron chi connectivity index (χ2n) is 3.02. The molecule has 88 valence electrons. The van der Waals surface area contributed by atoms with Gasteiger partial charge in [-0.25, -0.2) is 0 Å². The molecule has 0 saturated heterocycles. The Morgan fingerprint density at radius 3 is 2.88 bits per heavy atom. The van der Waals surface area contributed by atoms with Crippen molar-refractivity contribution in [2.24, 2.45) is 0 Å². The van der Waals surface area contributed by atoms with Crippen LogP contribution in [0, 0.1) is 0 Å². The van der Waals surface area contributed by atoms with Gasteiger partial charge in [-0.2, -0.15) is 18.3 Å². The van der Waals surface area contributed by atoms with Crippen LogP contribution in [0.4, 0.5) is 13.2 Å². The maximum atomic E-state index is 12.1. The molecule has 0 spiro atoms. The van der Waals surface area contributed by atoms with E-state index in [2.05, 4.69) is 17.0 Å². The summed E-state index contributed by atoms with van der Waals surface area (Å²) >= 11 is 0. The molecule has 4 nitrogen and oxygen atoms in total. The Labute approximate surface area is 89.7 Å². The van der Waals surface area contributed by atoms with Crippen LogP contribution in [0.1, 0.15) is 5.69 Å². The largest absolute Gasteiger partial charge is 0.408 e. The summed E-state index contributed by atoms with van der Waals surface area (Å²) in [5.74, 6) is -0.445. The third-order valence-corrected chi connectivity index (χ3v) is 1.76. The third kappa shape index (κ3) is 3.76. The van der Waals surface area contributed by atoms with Gasteiger partial charge in [0.25, 0.3) is 0 Å². The monoisotopic (exact) mass is 233 g/mol. The molecule has 1 N–H and O–H groups in total. The van der Waals surface area contributed by atoms with E-state index in [0.29, 0.717) is 0 Å². The summed E-state index contributed by atoms with van der Waals surface area (Å²) in [5, 5.41) is 5.90. The molecular formula is C9H10F3N3O. The standard InChI is InChI=1S/C9H10F3N3O/c1-2-8(16)13-5-7-3-4-14-15(7)6-9(10,11)12/h2-4H,1,5-6H2,(H,13,16). The van der Waals surface area contributed by atoms with E-state index >= 15 is 0 Å². The maximum Gasteiger partial charge on any atom is 0.408 e. The first kappa shape index (κ1) is 12.3. The van der Waals surface area contributed by atoms with Gasteiger partial charge in [0.2, 0.25) is 5.91 Å². The highest BCUT2D eigenvalue weighted by molar-refractivity contribution is 5.86. The quantitative estimate of drug-likeness (QED) is 0.795. The van der Waals surface area contributed by atoms with E-state index in [-0.39, 0.29) is 12.2 Å². The summed E-state index contributed by atoms with van der Waals surface area (Å²) in [6, 6.07) is 1.41. The van der Waals surface area contributed by atoms with Gasteiger partial charge in [0.05, 0.1) is 12.2 Å². The van der Waals surface area contributed by atoms with Gasteiger partial charge in [-0.3, -0.25) is 9.48 Å². The van der Waals surface area contributed by atoms with Crippen LogP contribution >= 0.6 is 0 Å². The summed E-state index contributed by atoms with van der Waals surface area (Å²) in [4.78, 5) is 10.8. The molecular weight excluding hydrogens is 223 g/mol. The summed E-state index contributed by atoms with van der Waals surface area (Å²) in [5.41, 5.74) is 0.285. The molecule has 0 atom stereocenters. The fourth-order valence-corrected chi connectivity index (χ4v) is 1.07. The van der Waals surface area contributed by atoms with Crippen LogP contribution < -0.4 is 5.32 Å². The summed E-state index contributed by atoms with van der Waals surface area (Å²) in [6.45, 7) is 2.05. The normalized spacial score (nSPS) is 11.2. The van der Waals surface area contributed by atoms with Gasteiger partial charge in [-0.05, 0) is 12.1 Å². The van der Waals surface area contributed by atoms with Crippen molar-refractivity contribution in [1.82, 2.24) is 15.1 Å². The van der Waals surface area contributed by atoms with Crippen molar-refractivity contribution in [2.75, 3.05) is 0 Å². The number of halogens is 3. The molecule has 0 saturated carbocycles. The molecule has 0 fully saturated rings. The van der Waals surface area contributed by atoms with Crippen molar-refractivity contribution in [1.29, 1.82) is 0 Å². The molecule has 0 radical (unpaired) electrons. The lowest BCUT2D eigenvalue weighted by atomic mass is 10.4. The molecule has 0 aliphatic heterocycles. The molecule has 1 rings (SSSR count). The number of nitrogens with zero attached hydrogens (tertiary/aromatic N) is 2. The number of hydrogen-bond acceptors (Lipinski definition) is 2. The van der Waals surface area contributed by atoms with Crippen LogP contribution in [0.25, 0.3) is 0 Å². The Balaban J connectivity index is 2.64. The van der Waals surface area contributed by atoms with Crippen molar-refractivity contribution in [3.05, 3.63) is 30.6 Å². The molecule has 1 heterocycles. The van der Waals surface area contributed by atoms with Crippen LogP contribution in [0.5, 0.6) is 0 Å². The van der Waals surface area contributed by atoms with E-state index in [9.17, 15) is 18.0 Å². The molecule has 1 aromatic rings. The van der Waals surface area contributed by atoms with Crippen LogP contribution in [-0.4, -0.2) is 21.9 Å². The van der Waals surface area contributed by atoms with E-state index in [0.717, 1.165) is 10.8 Å². The Hall–Kier alpha value is -1.79. The van der Waals surface area contributed by atoms with Gasteiger partial charge in [-0.15, -0.1) is 0 Å². The molecule has 0 aliphatic rings. The number of amides is 1. The molecule has 0 bridgehead atoms. The van der Waals surface area contributed by atoms with Crippen LogP contribution in [0.3, 0.4) is 0 Å². The lowest BCUT2D eigenvalue weighted by molar-refractivity contribution is -0.143. The average molecular weight is 233 g/mol. The topological polar surface area (TPSA) is 46.9 Å². The Bertz CT molecular complexity index is 384. The fourth-order valence-electron chi connectivity index (χ4n) is 1.07. The molecule has 1 amide bonds. The first-order chi connectivity index (χ1) is 7.42. The zero-order valence-corrected chi connectivity index (χ0v) is 8.29. The van der Waals surface area contributed by atoms with Crippen molar-refractivity contribution >= 4 is 5.91 Å². The van der Waals surface area contributed by atoms with Gasteiger partial charge in [0, 0.05) is 6.20 Å². The molecule has 16 heavy (non-hydrogen) atoms. The molecule has 0 unspecified atom stereocenters. The Morgan fingerprint density at radius 2 is 2.31 bits per heavy atom. The Morgan fingerprint density at radius 1 is 1.62 bits per heavy atom. The second kappa shape index (κ2) is 4.82. The van der Waals surface area contributed by atoms with Gasteiger partial charge >= 0.3 is 6.18 Å². The average Bonchev–Trinajstić information content (AvgIpc) is 2.59. The van der Waals surface area contributed by atoms with Crippen LogP contribution in [0.15, 0.2) is 24.9 Å². The second-order valence-corrected chi connectivity index (χ2v) is 3.02. The highest BCUT2D eigenvalue weighted by atomic mass is 19.4. The highest BCUT2D eigenvalue weighted by Crippen LogP contribution is 2.17. The van der Waals surface area contributed by atoms with E-state index < -0.39 is 18.6 Å². The van der Waals surface area contributed by atoms with Crippen molar-refractivity contribution in [3.8, 4) is 0 Å². The zero-order chi connectivity index (χ0) is 12.2. The van der Waals surface area contributed by atoms with Gasteiger partial charge in [-0.1, -0.05) is 6.58 Å². The molecule has 1 aromatic heterocycles. The van der Waals surface area contributed by atoms with Crippen LogP contribution in [0.2, 0.25) is 0 Å². The van der Waals surface area contributed by atoms with E-state index in [4.69, 9.17) is 0 Å². The number of rotatable bonds is 4. The van der Waals surface area contributed by atoms with E-state index in [1.807, 2.05) is 0 Å². The SMILES string of the molecule is C=CC(=O)NCc1ccnn1CC(F)(F)F.